The molecule has 2 N–H and O–H groups in total. The lowest BCUT2D eigenvalue weighted by atomic mass is 9.91. The van der Waals surface area contributed by atoms with Crippen LogP contribution in [0.2, 0.25) is 0 Å². The largest absolute Gasteiger partial charge is 0.393 e. The van der Waals surface area contributed by atoms with E-state index in [-0.39, 0.29) is 11.9 Å². The molecule has 6 nitrogen and oxygen atoms in total. The molecule has 0 radical (unpaired) electrons. The fraction of sp³-hybridized carbons (Fsp3) is 0.615. The molecule has 0 unspecified atom stereocenters. The Kier molecular flexibility index (Phi) is 3.81. The molecule has 3 rings (SSSR count). The molecule has 2 aliphatic rings. The summed E-state index contributed by atoms with van der Waals surface area (Å²) in [6.07, 6.45) is 1.26. The molecule has 21 heavy (non-hydrogen) atoms. The Morgan fingerprint density at radius 3 is 2.81 bits per heavy atom. The highest BCUT2D eigenvalue weighted by Gasteiger charge is 2.33. The second kappa shape index (κ2) is 5.35. The number of thiophene rings is 1. The topological polar surface area (TPSA) is 86.7 Å². The van der Waals surface area contributed by atoms with E-state index in [2.05, 4.69) is 4.72 Å². The number of rotatable bonds is 3. The maximum absolute atomic E-state index is 12.3. The van der Waals surface area contributed by atoms with Crippen molar-refractivity contribution < 1.29 is 18.3 Å². The van der Waals surface area contributed by atoms with Crippen molar-refractivity contribution in [2.24, 2.45) is 0 Å². The number of nitrogens with one attached hydrogen (secondary N) is 1. The number of hydrogen-bond donors (Lipinski definition) is 2. The Morgan fingerprint density at radius 2 is 2.19 bits per heavy atom. The highest BCUT2D eigenvalue weighted by atomic mass is 32.2. The highest BCUT2D eigenvalue weighted by Crippen LogP contribution is 2.32. The Bertz CT molecular complexity index is 662. The number of hydrogen-bond acceptors (Lipinski definition) is 5. The Morgan fingerprint density at radius 1 is 1.48 bits per heavy atom. The third-order valence-electron chi connectivity index (χ3n) is 3.99. The highest BCUT2D eigenvalue weighted by molar-refractivity contribution is 7.91. The number of aliphatic hydroxyl groups is 1. The van der Waals surface area contributed by atoms with E-state index in [0.717, 1.165) is 10.4 Å². The van der Waals surface area contributed by atoms with Crippen molar-refractivity contribution in [3.8, 4) is 0 Å². The van der Waals surface area contributed by atoms with Crippen molar-refractivity contribution >= 4 is 27.3 Å². The molecule has 0 spiro atoms. The first-order valence-corrected chi connectivity index (χ1v) is 9.22. The molecule has 2 heterocycles. The van der Waals surface area contributed by atoms with Gasteiger partial charge in [-0.25, -0.2) is 13.1 Å². The number of fused-ring (bicyclic) bond motifs is 1. The monoisotopic (exact) mass is 330 g/mol. The predicted molar refractivity (Wildman–Crippen MR) is 78.5 cm³/mol. The van der Waals surface area contributed by atoms with E-state index in [4.69, 9.17) is 0 Å². The minimum atomic E-state index is -3.52. The van der Waals surface area contributed by atoms with Gasteiger partial charge in [-0.1, -0.05) is 0 Å². The van der Waals surface area contributed by atoms with Gasteiger partial charge in [0, 0.05) is 30.9 Å². The van der Waals surface area contributed by atoms with Gasteiger partial charge in [0.15, 0.2) is 0 Å². The molecule has 1 saturated carbocycles. The van der Waals surface area contributed by atoms with Crippen molar-refractivity contribution in [2.75, 3.05) is 6.54 Å². The summed E-state index contributed by atoms with van der Waals surface area (Å²) >= 11 is 1.28. The van der Waals surface area contributed by atoms with Crippen LogP contribution in [0.3, 0.4) is 0 Å². The SMILES string of the molecule is CC(=O)N1CCc2sc(S(=O)(=O)NC3CC(O)C3)cc2C1. The summed E-state index contributed by atoms with van der Waals surface area (Å²) in [6.45, 7) is 2.65. The lowest BCUT2D eigenvalue weighted by Gasteiger charge is -2.31. The van der Waals surface area contributed by atoms with Crippen LogP contribution in [0.15, 0.2) is 10.3 Å². The van der Waals surface area contributed by atoms with Crippen LogP contribution in [0.5, 0.6) is 0 Å². The number of amides is 1. The molecule has 1 aliphatic heterocycles. The first-order chi connectivity index (χ1) is 9.85. The van der Waals surface area contributed by atoms with E-state index in [9.17, 15) is 18.3 Å². The van der Waals surface area contributed by atoms with Crippen molar-refractivity contribution in [1.29, 1.82) is 0 Å². The molecule has 1 aromatic rings. The van der Waals surface area contributed by atoms with E-state index >= 15 is 0 Å². The molecule has 0 saturated heterocycles. The smallest absolute Gasteiger partial charge is 0.250 e. The van der Waals surface area contributed by atoms with E-state index in [1.165, 1.54) is 18.3 Å². The van der Waals surface area contributed by atoms with Crippen LogP contribution < -0.4 is 4.72 Å². The first-order valence-electron chi connectivity index (χ1n) is 6.92. The van der Waals surface area contributed by atoms with Gasteiger partial charge in [-0.05, 0) is 30.9 Å². The number of carbonyl (C=O) groups excluding carboxylic acids is 1. The van der Waals surface area contributed by atoms with Gasteiger partial charge in [-0.3, -0.25) is 4.79 Å². The molecule has 1 fully saturated rings. The van der Waals surface area contributed by atoms with Crippen molar-refractivity contribution in [3.05, 3.63) is 16.5 Å². The molecule has 0 bridgehead atoms. The van der Waals surface area contributed by atoms with E-state index in [1.54, 1.807) is 11.0 Å². The third kappa shape index (κ3) is 2.98. The molecule has 0 atom stereocenters. The van der Waals surface area contributed by atoms with Crippen LogP contribution in [0, 0.1) is 0 Å². The quantitative estimate of drug-likeness (QED) is 0.843. The van der Waals surface area contributed by atoms with Crippen molar-refractivity contribution in [3.63, 3.8) is 0 Å². The van der Waals surface area contributed by atoms with Gasteiger partial charge in [0.1, 0.15) is 4.21 Å². The summed E-state index contributed by atoms with van der Waals surface area (Å²) in [4.78, 5) is 14.2. The molecule has 8 heteroatoms. The van der Waals surface area contributed by atoms with Gasteiger partial charge in [0.2, 0.25) is 15.9 Å². The normalized spacial score (nSPS) is 25.3. The zero-order valence-corrected chi connectivity index (χ0v) is 13.3. The fourth-order valence-electron chi connectivity index (χ4n) is 2.67. The summed E-state index contributed by atoms with van der Waals surface area (Å²) in [7, 11) is -3.52. The van der Waals surface area contributed by atoms with Gasteiger partial charge in [-0.15, -0.1) is 11.3 Å². The number of nitrogens with zero attached hydrogens (tertiary/aromatic N) is 1. The lowest BCUT2D eigenvalue weighted by molar-refractivity contribution is -0.129. The molecule has 1 aromatic heterocycles. The van der Waals surface area contributed by atoms with Gasteiger partial charge in [-0.2, -0.15) is 0 Å². The molecular formula is C13H18N2O4S2. The average Bonchev–Trinajstić information content (AvgIpc) is 2.80. The van der Waals surface area contributed by atoms with Crippen LogP contribution in [0.25, 0.3) is 0 Å². The van der Waals surface area contributed by atoms with Gasteiger partial charge in [0.05, 0.1) is 6.10 Å². The van der Waals surface area contributed by atoms with Gasteiger partial charge < -0.3 is 10.0 Å². The minimum absolute atomic E-state index is 0.0119. The Labute approximate surface area is 127 Å². The van der Waals surface area contributed by atoms with E-state index < -0.39 is 16.1 Å². The van der Waals surface area contributed by atoms with E-state index in [0.29, 0.717) is 36.6 Å². The minimum Gasteiger partial charge on any atom is -0.393 e. The summed E-state index contributed by atoms with van der Waals surface area (Å²) in [5, 5.41) is 9.23. The average molecular weight is 330 g/mol. The van der Waals surface area contributed by atoms with Gasteiger partial charge in [0.25, 0.3) is 0 Å². The Hall–Kier alpha value is -0.960. The Balaban J connectivity index is 1.76. The van der Waals surface area contributed by atoms with Crippen LogP contribution >= 0.6 is 11.3 Å². The van der Waals surface area contributed by atoms with Crippen molar-refractivity contribution in [1.82, 2.24) is 9.62 Å². The zero-order valence-electron chi connectivity index (χ0n) is 11.7. The molecule has 1 amide bonds. The maximum atomic E-state index is 12.3. The van der Waals surface area contributed by atoms with E-state index in [1.807, 2.05) is 0 Å². The van der Waals surface area contributed by atoms with Crippen LogP contribution in [0.1, 0.15) is 30.2 Å². The number of sulfonamides is 1. The third-order valence-corrected chi connectivity index (χ3v) is 7.22. The molecule has 1 aliphatic carbocycles. The van der Waals surface area contributed by atoms with Crippen LogP contribution in [-0.2, 0) is 27.8 Å². The summed E-state index contributed by atoms with van der Waals surface area (Å²) in [5.74, 6) is 0.0119. The first kappa shape index (κ1) is 15.0. The predicted octanol–water partition coefficient (Wildman–Crippen LogP) is 0.454. The van der Waals surface area contributed by atoms with Gasteiger partial charge >= 0.3 is 0 Å². The molecule has 0 aromatic carbocycles. The summed E-state index contributed by atoms with van der Waals surface area (Å²) < 4.78 is 27.6. The van der Waals surface area contributed by atoms with Crippen LogP contribution in [0.4, 0.5) is 0 Å². The molecule has 116 valence electrons. The second-order valence-electron chi connectivity index (χ2n) is 5.65. The summed E-state index contributed by atoms with van der Waals surface area (Å²) in [5.41, 5.74) is 0.926. The second-order valence-corrected chi connectivity index (χ2v) is 8.73. The van der Waals surface area contributed by atoms with Crippen molar-refractivity contribution in [2.45, 2.75) is 49.1 Å². The fourth-order valence-corrected chi connectivity index (χ4v) is 5.49. The summed E-state index contributed by atoms with van der Waals surface area (Å²) in [6, 6.07) is 1.50. The lowest BCUT2D eigenvalue weighted by Crippen LogP contribution is -2.46. The number of aliphatic hydroxyl groups excluding tert-OH is 1. The maximum Gasteiger partial charge on any atom is 0.250 e. The number of carbonyl (C=O) groups is 1. The standard InChI is InChI=1S/C13H18N2O4S2/c1-8(16)15-3-2-12-9(7-15)4-13(20-12)21(18,19)14-10-5-11(17)6-10/h4,10-11,14,17H,2-3,5-7H2,1H3. The zero-order chi connectivity index (χ0) is 15.2. The molecular weight excluding hydrogens is 312 g/mol. The van der Waals surface area contributed by atoms with Crippen LogP contribution in [-0.4, -0.2) is 43.0 Å².